The monoisotopic (exact) mass is 247 g/mol. The summed E-state index contributed by atoms with van der Waals surface area (Å²) in [5, 5.41) is 9.64. The van der Waals surface area contributed by atoms with E-state index in [2.05, 4.69) is 0 Å². The molecule has 0 bridgehead atoms. The van der Waals surface area contributed by atoms with Crippen LogP contribution in [0.2, 0.25) is 0 Å². The molecule has 1 heterocycles. The molecule has 0 aliphatic heterocycles. The van der Waals surface area contributed by atoms with Crippen molar-refractivity contribution in [1.29, 1.82) is 0 Å². The zero-order valence-electron chi connectivity index (χ0n) is 8.97. The quantitative estimate of drug-likeness (QED) is 0.759. The first-order valence-electron chi connectivity index (χ1n) is 4.70. The fraction of sp³-hybridized carbons (Fsp3) is 0.444. The van der Waals surface area contributed by atoms with E-state index in [9.17, 15) is 18.3 Å². The van der Waals surface area contributed by atoms with Crippen LogP contribution in [0.4, 0.5) is 0 Å². The van der Waals surface area contributed by atoms with Crippen molar-refractivity contribution in [2.75, 3.05) is 0 Å². The molecule has 1 rings (SSSR count). The van der Waals surface area contributed by atoms with Crippen LogP contribution in [0.15, 0.2) is 15.8 Å². The molecule has 0 saturated carbocycles. The van der Waals surface area contributed by atoms with Gasteiger partial charge in [0.2, 0.25) is 5.88 Å². The summed E-state index contributed by atoms with van der Waals surface area (Å²) in [6, 6.07) is 1.07. The number of aromatic nitrogens is 1. The third-order valence-electron chi connectivity index (χ3n) is 2.13. The fourth-order valence-corrected chi connectivity index (χ4v) is 2.30. The van der Waals surface area contributed by atoms with E-state index >= 15 is 0 Å². The first kappa shape index (κ1) is 12.7. The van der Waals surface area contributed by atoms with Crippen molar-refractivity contribution in [2.24, 2.45) is 0 Å². The zero-order chi connectivity index (χ0) is 12.5. The van der Waals surface area contributed by atoms with E-state index in [1.807, 2.05) is 0 Å². The van der Waals surface area contributed by atoms with Crippen molar-refractivity contribution < 1.29 is 18.1 Å². The van der Waals surface area contributed by atoms with Crippen LogP contribution in [0.25, 0.3) is 0 Å². The van der Waals surface area contributed by atoms with Gasteiger partial charge in [-0.1, -0.05) is 6.92 Å². The third kappa shape index (κ3) is 2.25. The Morgan fingerprint density at radius 3 is 2.44 bits per heavy atom. The molecule has 0 atom stereocenters. The second-order valence-electron chi connectivity index (χ2n) is 3.45. The molecule has 1 aromatic heterocycles. The Bertz CT molecular complexity index is 558. The smallest absolute Gasteiger partial charge is 0.300 e. The molecule has 90 valence electrons. The van der Waals surface area contributed by atoms with Crippen LogP contribution in [0.3, 0.4) is 0 Å². The summed E-state index contributed by atoms with van der Waals surface area (Å²) in [6.45, 7) is 3.30. The molecule has 0 aliphatic carbocycles. The number of hydrogen-bond donors (Lipinski definition) is 2. The fourth-order valence-electron chi connectivity index (χ4n) is 1.49. The summed E-state index contributed by atoms with van der Waals surface area (Å²) < 4.78 is 31.9. The Labute approximate surface area is 92.9 Å². The van der Waals surface area contributed by atoms with Gasteiger partial charge in [0, 0.05) is 12.6 Å². The standard InChI is InChI=1S/C9H13NO5S/c1-3-4-10-7(11)5-6(2)8(9(10)12)16(13,14)15/h5,12H,3-4H2,1-2H3,(H,13,14,15). The maximum absolute atomic E-state index is 11.5. The number of aryl methyl sites for hydroxylation is 1. The van der Waals surface area contributed by atoms with Crippen molar-refractivity contribution >= 4 is 10.1 Å². The number of hydrogen-bond acceptors (Lipinski definition) is 4. The molecule has 0 unspecified atom stereocenters. The molecule has 0 aromatic carbocycles. The highest BCUT2D eigenvalue weighted by Crippen LogP contribution is 2.24. The van der Waals surface area contributed by atoms with Gasteiger partial charge < -0.3 is 5.11 Å². The van der Waals surface area contributed by atoms with E-state index in [4.69, 9.17) is 4.55 Å². The largest absolute Gasteiger partial charge is 0.493 e. The van der Waals surface area contributed by atoms with E-state index in [0.717, 1.165) is 10.6 Å². The summed E-state index contributed by atoms with van der Waals surface area (Å²) in [6.07, 6.45) is 0.557. The molecule has 0 aliphatic rings. The molecule has 6 nitrogen and oxygen atoms in total. The van der Waals surface area contributed by atoms with Crippen LogP contribution in [0.5, 0.6) is 5.88 Å². The predicted molar refractivity (Wildman–Crippen MR) is 57.2 cm³/mol. The van der Waals surface area contributed by atoms with Gasteiger partial charge in [-0.05, 0) is 18.9 Å². The molecule has 16 heavy (non-hydrogen) atoms. The Morgan fingerprint density at radius 1 is 1.44 bits per heavy atom. The SMILES string of the molecule is CCCn1c(O)c(S(=O)(=O)O)c(C)cc1=O. The second-order valence-corrected chi connectivity index (χ2v) is 4.80. The molecule has 7 heteroatoms. The van der Waals surface area contributed by atoms with Gasteiger partial charge in [-0.15, -0.1) is 0 Å². The Hall–Kier alpha value is -1.34. The molecular formula is C9H13NO5S. The highest BCUT2D eigenvalue weighted by atomic mass is 32.2. The van der Waals surface area contributed by atoms with E-state index in [-0.39, 0.29) is 12.1 Å². The topological polar surface area (TPSA) is 96.6 Å². The number of aromatic hydroxyl groups is 1. The van der Waals surface area contributed by atoms with Crippen LogP contribution in [0, 0.1) is 6.92 Å². The summed E-state index contributed by atoms with van der Waals surface area (Å²) in [7, 11) is -4.53. The van der Waals surface area contributed by atoms with Crippen LogP contribution in [0.1, 0.15) is 18.9 Å². The van der Waals surface area contributed by atoms with Crippen molar-refractivity contribution in [1.82, 2.24) is 4.57 Å². The summed E-state index contributed by atoms with van der Waals surface area (Å²) in [4.78, 5) is 10.8. The molecule has 0 radical (unpaired) electrons. The van der Waals surface area contributed by atoms with E-state index < -0.39 is 26.5 Å². The van der Waals surface area contributed by atoms with Crippen molar-refractivity contribution in [3.63, 3.8) is 0 Å². The molecular weight excluding hydrogens is 234 g/mol. The lowest BCUT2D eigenvalue weighted by Gasteiger charge is -2.11. The van der Waals surface area contributed by atoms with Gasteiger partial charge in [0.05, 0.1) is 0 Å². The normalized spacial score (nSPS) is 11.7. The lowest BCUT2D eigenvalue weighted by atomic mass is 10.3. The van der Waals surface area contributed by atoms with Crippen LogP contribution >= 0.6 is 0 Å². The molecule has 0 fully saturated rings. The van der Waals surface area contributed by atoms with E-state index in [0.29, 0.717) is 6.42 Å². The molecule has 2 N–H and O–H groups in total. The Balaban J connectivity index is 3.65. The Morgan fingerprint density at radius 2 is 2.00 bits per heavy atom. The summed E-state index contributed by atoms with van der Waals surface area (Å²) in [5.41, 5.74) is -0.471. The van der Waals surface area contributed by atoms with E-state index in [1.165, 1.54) is 6.92 Å². The lowest BCUT2D eigenvalue weighted by Crippen LogP contribution is -2.22. The highest BCUT2D eigenvalue weighted by Gasteiger charge is 2.22. The minimum atomic E-state index is -4.53. The maximum Gasteiger partial charge on any atom is 0.300 e. The summed E-state index contributed by atoms with van der Waals surface area (Å²) in [5.74, 6) is -0.714. The molecule has 0 amide bonds. The number of pyridine rings is 1. The van der Waals surface area contributed by atoms with Gasteiger partial charge in [0.15, 0.2) is 4.90 Å². The van der Waals surface area contributed by atoms with Crippen molar-refractivity contribution in [3.05, 3.63) is 22.0 Å². The van der Waals surface area contributed by atoms with Gasteiger partial charge in [-0.25, -0.2) is 0 Å². The van der Waals surface area contributed by atoms with Crippen LogP contribution in [-0.2, 0) is 16.7 Å². The van der Waals surface area contributed by atoms with E-state index in [1.54, 1.807) is 6.92 Å². The highest BCUT2D eigenvalue weighted by molar-refractivity contribution is 7.86. The maximum atomic E-state index is 11.5. The molecule has 0 saturated heterocycles. The number of rotatable bonds is 3. The van der Waals surface area contributed by atoms with Crippen molar-refractivity contribution in [2.45, 2.75) is 31.7 Å². The average Bonchev–Trinajstić information content (AvgIpc) is 2.09. The van der Waals surface area contributed by atoms with Gasteiger partial charge in [0.1, 0.15) is 0 Å². The second kappa shape index (κ2) is 4.26. The van der Waals surface area contributed by atoms with Gasteiger partial charge in [-0.3, -0.25) is 13.9 Å². The van der Waals surface area contributed by atoms with Gasteiger partial charge in [0.25, 0.3) is 15.7 Å². The lowest BCUT2D eigenvalue weighted by molar-refractivity contribution is 0.382. The zero-order valence-corrected chi connectivity index (χ0v) is 9.78. The minimum Gasteiger partial charge on any atom is -0.493 e. The Kier molecular flexibility index (Phi) is 3.39. The first-order valence-corrected chi connectivity index (χ1v) is 6.14. The van der Waals surface area contributed by atoms with Crippen LogP contribution < -0.4 is 5.56 Å². The molecule has 1 aromatic rings. The minimum absolute atomic E-state index is 0.0253. The van der Waals surface area contributed by atoms with Crippen LogP contribution in [-0.4, -0.2) is 22.6 Å². The molecule has 0 spiro atoms. The average molecular weight is 247 g/mol. The third-order valence-corrected chi connectivity index (χ3v) is 3.15. The van der Waals surface area contributed by atoms with Gasteiger partial charge in [-0.2, -0.15) is 8.42 Å². The number of nitrogens with zero attached hydrogens (tertiary/aromatic N) is 1. The van der Waals surface area contributed by atoms with Gasteiger partial charge >= 0.3 is 0 Å². The summed E-state index contributed by atoms with van der Waals surface area (Å²) >= 11 is 0. The predicted octanol–water partition coefficient (Wildman–Crippen LogP) is 0.519. The van der Waals surface area contributed by atoms with Crippen molar-refractivity contribution in [3.8, 4) is 5.88 Å². The first-order chi connectivity index (χ1) is 7.29.